The van der Waals surface area contributed by atoms with Gasteiger partial charge < -0.3 is 5.11 Å². The number of nitrogens with zero attached hydrogens (tertiary/aromatic N) is 5. The molecule has 0 aliphatic heterocycles. The van der Waals surface area contributed by atoms with Crippen molar-refractivity contribution in [2.75, 3.05) is 5.75 Å². The van der Waals surface area contributed by atoms with Gasteiger partial charge in [0.2, 0.25) is 5.16 Å². The topological polar surface area (TPSA) is 93.8 Å². The predicted octanol–water partition coefficient (Wildman–Crippen LogP) is 0.542. The van der Waals surface area contributed by atoms with Crippen LogP contribution in [0.15, 0.2) is 23.6 Å². The van der Waals surface area contributed by atoms with Gasteiger partial charge in [-0.1, -0.05) is 11.8 Å². The minimum atomic E-state index is -0.910. The number of thioether (sulfide) groups is 1. The van der Waals surface area contributed by atoms with E-state index in [4.69, 9.17) is 5.11 Å². The van der Waals surface area contributed by atoms with Crippen LogP contribution in [-0.4, -0.2) is 42.0 Å². The van der Waals surface area contributed by atoms with Crippen LogP contribution in [0.2, 0.25) is 0 Å². The van der Waals surface area contributed by atoms with E-state index in [9.17, 15) is 4.79 Å². The molecule has 2 heterocycles. The van der Waals surface area contributed by atoms with Gasteiger partial charge in [0.25, 0.3) is 0 Å². The third-order valence-corrected chi connectivity index (χ3v) is 2.91. The summed E-state index contributed by atoms with van der Waals surface area (Å²) >= 11 is 1.06. The van der Waals surface area contributed by atoms with E-state index in [2.05, 4.69) is 20.5 Å². The number of aliphatic carboxylic acids is 1. The van der Waals surface area contributed by atoms with Crippen LogP contribution in [-0.2, 0) is 4.79 Å². The van der Waals surface area contributed by atoms with E-state index in [1.54, 1.807) is 12.4 Å². The zero-order valence-electron chi connectivity index (χ0n) is 8.94. The van der Waals surface area contributed by atoms with E-state index in [1.807, 2.05) is 13.0 Å². The summed E-state index contributed by atoms with van der Waals surface area (Å²) in [6.07, 6.45) is 3.31. The van der Waals surface area contributed by atoms with Crippen molar-refractivity contribution in [2.45, 2.75) is 12.1 Å². The second kappa shape index (κ2) is 4.91. The molecule has 17 heavy (non-hydrogen) atoms. The zero-order chi connectivity index (χ0) is 12.3. The smallest absolute Gasteiger partial charge is 0.313 e. The van der Waals surface area contributed by atoms with Gasteiger partial charge in [-0.25, -0.2) is 0 Å². The second-order valence-corrected chi connectivity index (χ2v) is 4.16. The Kier molecular flexibility index (Phi) is 3.33. The molecule has 0 atom stereocenters. The standard InChI is InChI=1S/C9H9N5O2S/c1-6-2-3-10-4-7(6)14-9(11-12-13-14)17-5-8(15)16/h2-4H,5H2,1H3,(H,15,16). The molecule has 2 rings (SSSR count). The summed E-state index contributed by atoms with van der Waals surface area (Å²) in [4.78, 5) is 14.5. The molecule has 0 bridgehead atoms. The highest BCUT2D eigenvalue weighted by Crippen LogP contribution is 2.19. The largest absolute Gasteiger partial charge is 0.481 e. The van der Waals surface area contributed by atoms with Gasteiger partial charge >= 0.3 is 5.97 Å². The monoisotopic (exact) mass is 251 g/mol. The number of tetrazole rings is 1. The van der Waals surface area contributed by atoms with E-state index in [-0.39, 0.29) is 5.75 Å². The van der Waals surface area contributed by atoms with Crippen molar-refractivity contribution in [2.24, 2.45) is 0 Å². The minimum Gasteiger partial charge on any atom is -0.481 e. The molecule has 0 unspecified atom stereocenters. The first-order chi connectivity index (χ1) is 8.18. The molecule has 1 N–H and O–H groups in total. The maximum Gasteiger partial charge on any atom is 0.313 e. The lowest BCUT2D eigenvalue weighted by molar-refractivity contribution is -0.133. The number of hydrogen-bond acceptors (Lipinski definition) is 6. The molecule has 7 nitrogen and oxygen atoms in total. The minimum absolute atomic E-state index is 0.0836. The molecule has 0 aromatic carbocycles. The number of pyridine rings is 1. The molecule has 0 radical (unpaired) electrons. The number of rotatable bonds is 4. The van der Waals surface area contributed by atoms with Crippen LogP contribution in [0.4, 0.5) is 0 Å². The fourth-order valence-electron chi connectivity index (χ4n) is 1.22. The molecular weight excluding hydrogens is 242 g/mol. The van der Waals surface area contributed by atoms with Crippen molar-refractivity contribution in [3.05, 3.63) is 24.0 Å². The van der Waals surface area contributed by atoms with Gasteiger partial charge in [0, 0.05) is 6.20 Å². The molecule has 88 valence electrons. The van der Waals surface area contributed by atoms with Gasteiger partial charge in [0.15, 0.2) is 0 Å². The molecule has 8 heteroatoms. The van der Waals surface area contributed by atoms with E-state index < -0.39 is 5.97 Å². The summed E-state index contributed by atoms with van der Waals surface area (Å²) in [5.74, 6) is -0.993. The fraction of sp³-hybridized carbons (Fsp3) is 0.222. The summed E-state index contributed by atoms with van der Waals surface area (Å²) in [6, 6.07) is 1.84. The van der Waals surface area contributed by atoms with E-state index >= 15 is 0 Å². The Hall–Kier alpha value is -1.96. The van der Waals surface area contributed by atoms with Crippen LogP contribution in [0.3, 0.4) is 0 Å². The first kappa shape index (κ1) is 11.5. The number of hydrogen-bond donors (Lipinski definition) is 1. The molecule has 2 aromatic heterocycles. The summed E-state index contributed by atoms with van der Waals surface area (Å²) in [5, 5.41) is 20.2. The van der Waals surface area contributed by atoms with Crippen molar-refractivity contribution in [3.63, 3.8) is 0 Å². The fourth-order valence-corrected chi connectivity index (χ4v) is 1.83. The molecule has 0 amide bonds. The van der Waals surface area contributed by atoms with E-state index in [0.717, 1.165) is 23.0 Å². The highest BCUT2D eigenvalue weighted by molar-refractivity contribution is 7.99. The van der Waals surface area contributed by atoms with Crippen molar-refractivity contribution < 1.29 is 9.90 Å². The Labute approximate surface area is 101 Å². The zero-order valence-corrected chi connectivity index (χ0v) is 9.76. The average Bonchev–Trinajstić information content (AvgIpc) is 2.75. The van der Waals surface area contributed by atoms with Crippen molar-refractivity contribution in [3.8, 4) is 5.69 Å². The van der Waals surface area contributed by atoms with Gasteiger partial charge in [-0.15, -0.1) is 5.10 Å². The summed E-state index contributed by atoms with van der Waals surface area (Å²) in [5.41, 5.74) is 1.70. The number of carbonyl (C=O) groups is 1. The van der Waals surface area contributed by atoms with Crippen LogP contribution in [0.25, 0.3) is 5.69 Å². The lowest BCUT2D eigenvalue weighted by Gasteiger charge is -2.05. The molecular formula is C9H9N5O2S. The normalized spacial score (nSPS) is 10.4. The lowest BCUT2D eigenvalue weighted by atomic mass is 10.2. The van der Waals surface area contributed by atoms with Gasteiger partial charge in [0.05, 0.1) is 17.6 Å². The highest BCUT2D eigenvalue weighted by Gasteiger charge is 2.12. The summed E-state index contributed by atoms with van der Waals surface area (Å²) in [6.45, 7) is 1.91. The Balaban J connectivity index is 2.31. The van der Waals surface area contributed by atoms with Gasteiger partial charge in [-0.05, 0) is 29.0 Å². The van der Waals surface area contributed by atoms with Gasteiger partial charge in [-0.3, -0.25) is 9.78 Å². The first-order valence-corrected chi connectivity index (χ1v) is 5.71. The van der Waals surface area contributed by atoms with E-state index in [0.29, 0.717) is 5.16 Å². The molecule has 2 aromatic rings. The van der Waals surface area contributed by atoms with E-state index in [1.165, 1.54) is 4.68 Å². The predicted molar refractivity (Wildman–Crippen MR) is 60.0 cm³/mol. The van der Waals surface area contributed by atoms with Crippen LogP contribution in [0.5, 0.6) is 0 Å². The highest BCUT2D eigenvalue weighted by atomic mass is 32.2. The Bertz CT molecular complexity index is 542. The Morgan fingerprint density at radius 2 is 2.41 bits per heavy atom. The van der Waals surface area contributed by atoms with Crippen LogP contribution in [0, 0.1) is 6.92 Å². The quantitative estimate of drug-likeness (QED) is 0.792. The SMILES string of the molecule is Cc1ccncc1-n1nnnc1SCC(=O)O. The van der Waals surface area contributed by atoms with Gasteiger partial charge in [-0.2, -0.15) is 4.68 Å². The molecule has 0 aliphatic carbocycles. The van der Waals surface area contributed by atoms with Crippen molar-refractivity contribution in [1.82, 2.24) is 25.2 Å². The number of aryl methyl sites for hydroxylation is 1. The lowest BCUT2D eigenvalue weighted by Crippen LogP contribution is -2.04. The van der Waals surface area contributed by atoms with Crippen LogP contribution in [0.1, 0.15) is 5.56 Å². The number of aromatic nitrogens is 5. The summed E-state index contributed by atoms with van der Waals surface area (Å²) < 4.78 is 1.48. The van der Waals surface area contributed by atoms with Crippen molar-refractivity contribution in [1.29, 1.82) is 0 Å². The van der Waals surface area contributed by atoms with Gasteiger partial charge in [0.1, 0.15) is 0 Å². The average molecular weight is 251 g/mol. The molecule has 0 saturated heterocycles. The maximum absolute atomic E-state index is 10.5. The van der Waals surface area contributed by atoms with Crippen molar-refractivity contribution >= 4 is 17.7 Å². The second-order valence-electron chi connectivity index (χ2n) is 3.22. The molecule has 0 spiro atoms. The summed E-state index contributed by atoms with van der Waals surface area (Å²) in [7, 11) is 0. The first-order valence-electron chi connectivity index (χ1n) is 4.72. The third-order valence-electron chi connectivity index (χ3n) is 2.01. The van der Waals surface area contributed by atoms with Crippen LogP contribution >= 0.6 is 11.8 Å². The maximum atomic E-state index is 10.5. The third kappa shape index (κ3) is 2.59. The Morgan fingerprint density at radius 1 is 1.59 bits per heavy atom. The molecule has 0 saturated carbocycles. The number of carboxylic acids is 1. The Morgan fingerprint density at radius 3 is 3.12 bits per heavy atom. The number of carboxylic acid groups (broad SMARTS) is 1. The van der Waals surface area contributed by atoms with Crippen LogP contribution < -0.4 is 0 Å². The molecule has 0 fully saturated rings. The molecule has 0 aliphatic rings.